The van der Waals surface area contributed by atoms with Crippen LogP contribution in [-0.4, -0.2) is 22.7 Å². The van der Waals surface area contributed by atoms with Crippen LogP contribution in [0.4, 0.5) is 4.39 Å². The minimum Gasteiger partial charge on any atom is -0.386 e. The van der Waals surface area contributed by atoms with Crippen LogP contribution in [0.15, 0.2) is 59.6 Å². The van der Waals surface area contributed by atoms with Crippen molar-refractivity contribution in [3.63, 3.8) is 0 Å². The molecule has 1 heterocycles. The van der Waals surface area contributed by atoms with Gasteiger partial charge in [-0.15, -0.1) is 0 Å². The number of rotatable bonds is 5. The summed E-state index contributed by atoms with van der Waals surface area (Å²) in [4.78, 5) is 18.4. The first-order chi connectivity index (χ1) is 11.6. The van der Waals surface area contributed by atoms with Gasteiger partial charge in [-0.25, -0.2) is 4.39 Å². The number of halogens is 1. The summed E-state index contributed by atoms with van der Waals surface area (Å²) in [5.41, 5.74) is 8.11. The Balaban J connectivity index is 1.71. The summed E-state index contributed by atoms with van der Waals surface area (Å²) < 4.78 is 13.0. The van der Waals surface area contributed by atoms with Crippen LogP contribution in [0, 0.1) is 5.82 Å². The lowest BCUT2D eigenvalue weighted by Crippen LogP contribution is -2.42. The summed E-state index contributed by atoms with van der Waals surface area (Å²) in [7, 11) is 0. The van der Waals surface area contributed by atoms with Crippen molar-refractivity contribution in [2.75, 3.05) is 0 Å². The van der Waals surface area contributed by atoms with E-state index in [0.29, 0.717) is 31.8 Å². The fourth-order valence-electron chi connectivity index (χ4n) is 2.90. The number of nitrogens with two attached hydrogens (primary N) is 1. The van der Waals surface area contributed by atoms with Crippen molar-refractivity contribution in [2.24, 2.45) is 10.7 Å². The molecule has 0 radical (unpaired) electrons. The van der Waals surface area contributed by atoms with Crippen LogP contribution in [0.5, 0.6) is 0 Å². The molecule has 124 valence electrons. The minimum absolute atomic E-state index is 0.0576. The van der Waals surface area contributed by atoms with Crippen molar-refractivity contribution in [1.82, 2.24) is 4.90 Å². The number of benzene rings is 2. The van der Waals surface area contributed by atoms with Gasteiger partial charge in [0.1, 0.15) is 11.7 Å². The summed E-state index contributed by atoms with van der Waals surface area (Å²) in [5.74, 6) is 0.251. The molecule has 0 aliphatic carbocycles. The van der Waals surface area contributed by atoms with E-state index in [0.717, 1.165) is 11.1 Å². The molecular weight excluding hydrogens is 305 g/mol. The van der Waals surface area contributed by atoms with Gasteiger partial charge in [0, 0.05) is 13.0 Å². The van der Waals surface area contributed by atoms with E-state index in [4.69, 9.17) is 5.73 Å². The molecule has 1 amide bonds. The topological polar surface area (TPSA) is 58.7 Å². The van der Waals surface area contributed by atoms with E-state index in [1.807, 2.05) is 30.3 Å². The second-order valence-electron chi connectivity index (χ2n) is 5.93. The highest BCUT2D eigenvalue weighted by atomic mass is 19.1. The molecular formula is C19H20FN3O. The van der Waals surface area contributed by atoms with Crippen molar-refractivity contribution in [3.8, 4) is 0 Å². The van der Waals surface area contributed by atoms with Crippen molar-refractivity contribution < 1.29 is 9.18 Å². The summed E-state index contributed by atoms with van der Waals surface area (Å²) >= 11 is 0. The van der Waals surface area contributed by atoms with Crippen LogP contribution in [-0.2, 0) is 17.9 Å². The first-order valence-electron chi connectivity index (χ1n) is 8.01. The maximum Gasteiger partial charge on any atom is 0.223 e. The second-order valence-corrected chi connectivity index (χ2v) is 5.93. The summed E-state index contributed by atoms with van der Waals surface area (Å²) in [5, 5.41) is 0. The van der Waals surface area contributed by atoms with Crippen LogP contribution in [0.25, 0.3) is 0 Å². The smallest absolute Gasteiger partial charge is 0.223 e. The number of likely N-dealkylation sites (tertiary alicyclic amines) is 1. The van der Waals surface area contributed by atoms with Crippen LogP contribution in [0.3, 0.4) is 0 Å². The fourth-order valence-corrected chi connectivity index (χ4v) is 2.90. The lowest BCUT2D eigenvalue weighted by Gasteiger charge is -2.24. The molecule has 0 spiro atoms. The van der Waals surface area contributed by atoms with Gasteiger partial charge < -0.3 is 10.6 Å². The third kappa shape index (κ3) is 3.79. The van der Waals surface area contributed by atoms with Crippen molar-refractivity contribution in [2.45, 2.75) is 32.0 Å². The molecule has 1 saturated heterocycles. The Morgan fingerprint density at radius 1 is 1.12 bits per heavy atom. The lowest BCUT2D eigenvalue weighted by atomic mass is 10.1. The maximum atomic E-state index is 13.0. The first kappa shape index (κ1) is 16.2. The molecule has 1 aliphatic rings. The number of hydrogen-bond acceptors (Lipinski definition) is 2. The van der Waals surface area contributed by atoms with Gasteiger partial charge in [-0.1, -0.05) is 42.5 Å². The second kappa shape index (κ2) is 7.25. The monoisotopic (exact) mass is 325 g/mol. The van der Waals surface area contributed by atoms with E-state index in [9.17, 15) is 9.18 Å². The molecule has 3 rings (SSSR count). The third-order valence-corrected chi connectivity index (χ3v) is 4.22. The van der Waals surface area contributed by atoms with Gasteiger partial charge in [0.15, 0.2) is 0 Å². The molecule has 24 heavy (non-hydrogen) atoms. The summed E-state index contributed by atoms with van der Waals surface area (Å²) in [6.07, 6.45) is 1.14. The summed E-state index contributed by atoms with van der Waals surface area (Å²) in [6, 6.07) is 15.9. The van der Waals surface area contributed by atoms with Gasteiger partial charge in [-0.3, -0.25) is 9.79 Å². The van der Waals surface area contributed by atoms with Crippen molar-refractivity contribution in [1.29, 1.82) is 0 Å². The molecule has 0 unspecified atom stereocenters. The number of aliphatic imine (C=N–C) groups is 1. The number of amides is 1. The molecule has 4 nitrogen and oxygen atoms in total. The van der Waals surface area contributed by atoms with Gasteiger partial charge in [-0.05, 0) is 29.7 Å². The number of amidine groups is 1. The molecule has 2 aromatic rings. The van der Waals surface area contributed by atoms with Crippen molar-refractivity contribution >= 4 is 11.7 Å². The highest BCUT2D eigenvalue weighted by molar-refractivity contribution is 5.93. The molecule has 1 atom stereocenters. The highest BCUT2D eigenvalue weighted by Gasteiger charge is 2.33. The van der Waals surface area contributed by atoms with E-state index in [1.54, 1.807) is 17.0 Å². The number of carbonyl (C=O) groups is 1. The van der Waals surface area contributed by atoms with Gasteiger partial charge in [0.2, 0.25) is 5.91 Å². The molecule has 0 saturated carbocycles. The average Bonchev–Trinajstić information content (AvgIpc) is 2.96. The van der Waals surface area contributed by atoms with E-state index in [-0.39, 0.29) is 17.8 Å². The maximum absolute atomic E-state index is 13.0. The van der Waals surface area contributed by atoms with E-state index in [1.165, 1.54) is 12.1 Å². The fraction of sp³-hybridized carbons (Fsp3) is 0.263. The predicted octanol–water partition coefficient (Wildman–Crippen LogP) is 2.87. The van der Waals surface area contributed by atoms with Crippen LogP contribution >= 0.6 is 0 Å². The largest absolute Gasteiger partial charge is 0.386 e. The minimum atomic E-state index is -0.285. The zero-order valence-electron chi connectivity index (χ0n) is 13.4. The molecule has 1 fully saturated rings. The Labute approximate surface area is 140 Å². The van der Waals surface area contributed by atoms with E-state index >= 15 is 0 Å². The number of carbonyl (C=O) groups excluding carboxylic acids is 1. The third-order valence-electron chi connectivity index (χ3n) is 4.22. The average molecular weight is 325 g/mol. The number of nitrogens with zero attached hydrogens (tertiary/aromatic N) is 2. The van der Waals surface area contributed by atoms with Gasteiger partial charge >= 0.3 is 0 Å². The van der Waals surface area contributed by atoms with Gasteiger partial charge in [0.25, 0.3) is 0 Å². The van der Waals surface area contributed by atoms with Crippen molar-refractivity contribution in [3.05, 3.63) is 71.5 Å². The first-order valence-corrected chi connectivity index (χ1v) is 8.01. The van der Waals surface area contributed by atoms with Gasteiger partial charge in [-0.2, -0.15) is 0 Å². The Morgan fingerprint density at radius 3 is 2.54 bits per heavy atom. The molecule has 5 heteroatoms. The highest BCUT2D eigenvalue weighted by Crippen LogP contribution is 2.22. The van der Waals surface area contributed by atoms with Gasteiger partial charge in [0.05, 0.1) is 12.6 Å². The Bertz CT molecular complexity index is 728. The van der Waals surface area contributed by atoms with Crippen LogP contribution in [0.1, 0.15) is 24.0 Å². The van der Waals surface area contributed by atoms with E-state index < -0.39 is 0 Å². The number of hydrogen-bond donors (Lipinski definition) is 1. The molecule has 2 aromatic carbocycles. The summed E-state index contributed by atoms with van der Waals surface area (Å²) in [6.45, 7) is 0.924. The lowest BCUT2D eigenvalue weighted by molar-refractivity contribution is -0.128. The standard InChI is InChI=1S/C19H20FN3O/c20-16-8-6-15(7-9-16)13-23-17(10-11-18(23)24)19(21)22-12-14-4-2-1-3-5-14/h1-9,17H,10-13H2,(H2,21,22)/t17-/m0/s1. The Hall–Kier alpha value is -2.69. The molecule has 0 bridgehead atoms. The molecule has 2 N–H and O–H groups in total. The van der Waals surface area contributed by atoms with Crippen LogP contribution in [0.2, 0.25) is 0 Å². The molecule has 0 aromatic heterocycles. The SMILES string of the molecule is NC(=NCc1ccccc1)[C@@H]1CCC(=O)N1Cc1ccc(F)cc1. The molecule has 1 aliphatic heterocycles. The normalized spacial score (nSPS) is 18.2. The Kier molecular flexibility index (Phi) is 4.89. The van der Waals surface area contributed by atoms with E-state index in [2.05, 4.69) is 4.99 Å². The predicted molar refractivity (Wildman–Crippen MR) is 91.7 cm³/mol. The zero-order chi connectivity index (χ0) is 16.9. The zero-order valence-corrected chi connectivity index (χ0v) is 13.4. The van der Waals surface area contributed by atoms with Crippen LogP contribution < -0.4 is 5.73 Å². The Morgan fingerprint density at radius 2 is 1.83 bits per heavy atom. The quantitative estimate of drug-likeness (QED) is 0.679.